The Bertz CT molecular complexity index is 972. The molecule has 0 radical (unpaired) electrons. The van der Waals surface area contributed by atoms with Gasteiger partial charge in [0, 0.05) is 23.6 Å². The summed E-state index contributed by atoms with van der Waals surface area (Å²) in [4.78, 5) is 23.5. The Morgan fingerprint density at radius 3 is 2.46 bits per heavy atom. The third-order valence-electron chi connectivity index (χ3n) is 3.49. The van der Waals surface area contributed by atoms with E-state index in [2.05, 4.69) is 0 Å². The van der Waals surface area contributed by atoms with Gasteiger partial charge in [-0.05, 0) is 36.2 Å². The van der Waals surface area contributed by atoms with E-state index in [-0.39, 0.29) is 16.9 Å². The normalized spacial score (nSPS) is 10.8. The van der Waals surface area contributed by atoms with Crippen molar-refractivity contribution in [1.29, 1.82) is 0 Å². The highest BCUT2D eigenvalue weighted by molar-refractivity contribution is 5.91. The summed E-state index contributed by atoms with van der Waals surface area (Å²) in [5.41, 5.74) is 0.327. The summed E-state index contributed by atoms with van der Waals surface area (Å²) in [5, 5.41) is 0.730. The Hall–Kier alpha value is -3.02. The Labute approximate surface area is 135 Å². The van der Waals surface area contributed by atoms with Crippen molar-refractivity contribution in [2.45, 2.75) is 13.3 Å². The lowest BCUT2D eigenvalue weighted by Gasteiger charge is -2.07. The summed E-state index contributed by atoms with van der Waals surface area (Å²) >= 11 is 0. The number of ether oxygens (including phenoxy) is 1. The lowest BCUT2D eigenvalue weighted by atomic mass is 10.1. The molecule has 2 aromatic carbocycles. The van der Waals surface area contributed by atoms with Crippen LogP contribution in [0.4, 0.5) is 8.78 Å². The zero-order valence-electron chi connectivity index (χ0n) is 12.6. The van der Waals surface area contributed by atoms with Crippen LogP contribution < -0.4 is 10.4 Å². The number of carbonyl (C=O) groups excluding carboxylic acids is 1. The van der Waals surface area contributed by atoms with Crippen LogP contribution in [-0.4, -0.2) is 5.97 Å². The molecule has 0 aliphatic rings. The van der Waals surface area contributed by atoms with Gasteiger partial charge >= 0.3 is 11.6 Å². The number of fused-ring (bicyclic) bond motifs is 1. The van der Waals surface area contributed by atoms with Gasteiger partial charge < -0.3 is 9.15 Å². The third-order valence-corrected chi connectivity index (χ3v) is 3.49. The smallest absolute Gasteiger partial charge is 0.343 e. The minimum absolute atomic E-state index is 0.105. The first-order chi connectivity index (χ1) is 11.5. The van der Waals surface area contributed by atoms with E-state index < -0.39 is 23.2 Å². The van der Waals surface area contributed by atoms with Crippen molar-refractivity contribution < 1.29 is 22.7 Å². The van der Waals surface area contributed by atoms with E-state index in [9.17, 15) is 18.4 Å². The molecule has 122 valence electrons. The summed E-state index contributed by atoms with van der Waals surface area (Å²) in [6.45, 7) is 1.90. The van der Waals surface area contributed by atoms with Crippen molar-refractivity contribution in [2.75, 3.05) is 0 Å². The molecule has 4 nitrogen and oxygen atoms in total. The fourth-order valence-electron chi connectivity index (χ4n) is 2.40. The van der Waals surface area contributed by atoms with Gasteiger partial charge in [-0.15, -0.1) is 0 Å². The molecule has 0 aliphatic carbocycles. The predicted octanol–water partition coefficient (Wildman–Crippen LogP) is 3.85. The standard InChI is InChI=1S/C18H12F2O4/c1-2-10-7-17(21)24-16-9-14(3-4-15(10)16)23-18(22)11-5-12(19)8-13(20)6-11/h3-9H,2H2,1H3. The first kappa shape index (κ1) is 15.9. The second kappa shape index (κ2) is 6.23. The highest BCUT2D eigenvalue weighted by Gasteiger charge is 2.13. The minimum atomic E-state index is -0.915. The maximum absolute atomic E-state index is 13.2. The molecule has 0 bridgehead atoms. The van der Waals surface area contributed by atoms with E-state index in [1.807, 2.05) is 6.92 Å². The maximum Gasteiger partial charge on any atom is 0.343 e. The topological polar surface area (TPSA) is 56.5 Å². The van der Waals surface area contributed by atoms with Gasteiger partial charge in [0.1, 0.15) is 23.0 Å². The van der Waals surface area contributed by atoms with Gasteiger partial charge in [-0.1, -0.05) is 6.92 Å². The molecule has 0 N–H and O–H groups in total. The highest BCUT2D eigenvalue weighted by Crippen LogP contribution is 2.24. The second-order valence-corrected chi connectivity index (χ2v) is 5.15. The van der Waals surface area contributed by atoms with E-state index in [0.29, 0.717) is 12.5 Å². The van der Waals surface area contributed by atoms with Gasteiger partial charge in [-0.25, -0.2) is 18.4 Å². The number of rotatable bonds is 3. The van der Waals surface area contributed by atoms with Crippen molar-refractivity contribution in [3.05, 3.63) is 75.6 Å². The summed E-state index contributed by atoms with van der Waals surface area (Å²) in [7, 11) is 0. The summed E-state index contributed by atoms with van der Waals surface area (Å²) in [6, 6.07) is 8.39. The monoisotopic (exact) mass is 330 g/mol. The number of aryl methyl sites for hydroxylation is 1. The van der Waals surface area contributed by atoms with E-state index >= 15 is 0 Å². The van der Waals surface area contributed by atoms with Crippen LogP contribution in [0.3, 0.4) is 0 Å². The van der Waals surface area contributed by atoms with Crippen LogP contribution in [0.15, 0.2) is 51.7 Å². The number of benzene rings is 2. The Morgan fingerprint density at radius 2 is 1.79 bits per heavy atom. The van der Waals surface area contributed by atoms with Gasteiger partial charge in [0.25, 0.3) is 0 Å². The van der Waals surface area contributed by atoms with E-state index in [0.717, 1.165) is 23.1 Å². The summed E-state index contributed by atoms with van der Waals surface area (Å²) in [6.07, 6.45) is 0.643. The van der Waals surface area contributed by atoms with Crippen LogP contribution >= 0.6 is 0 Å². The molecule has 0 fully saturated rings. The Morgan fingerprint density at radius 1 is 1.08 bits per heavy atom. The van der Waals surface area contributed by atoms with Gasteiger partial charge in [0.15, 0.2) is 0 Å². The van der Waals surface area contributed by atoms with Gasteiger partial charge in [-0.2, -0.15) is 0 Å². The summed E-state index contributed by atoms with van der Waals surface area (Å²) in [5.74, 6) is -2.56. The molecule has 0 aliphatic heterocycles. The number of carbonyl (C=O) groups is 1. The third kappa shape index (κ3) is 3.17. The molecular formula is C18H12F2O4. The molecule has 3 aromatic rings. The Balaban J connectivity index is 1.95. The first-order valence-electron chi connectivity index (χ1n) is 7.21. The molecular weight excluding hydrogens is 318 g/mol. The molecule has 0 spiro atoms. The molecule has 24 heavy (non-hydrogen) atoms. The maximum atomic E-state index is 13.2. The van der Waals surface area contributed by atoms with Crippen molar-refractivity contribution in [3.63, 3.8) is 0 Å². The number of esters is 1. The quantitative estimate of drug-likeness (QED) is 0.416. The van der Waals surface area contributed by atoms with Crippen LogP contribution in [0, 0.1) is 11.6 Å². The summed E-state index contributed by atoms with van der Waals surface area (Å²) < 4.78 is 36.5. The number of hydrogen-bond donors (Lipinski definition) is 0. The zero-order chi connectivity index (χ0) is 17.3. The average molecular weight is 330 g/mol. The number of hydrogen-bond acceptors (Lipinski definition) is 4. The van der Waals surface area contributed by atoms with Crippen LogP contribution in [0.5, 0.6) is 5.75 Å². The van der Waals surface area contributed by atoms with Crippen LogP contribution in [-0.2, 0) is 6.42 Å². The van der Waals surface area contributed by atoms with Crippen molar-refractivity contribution >= 4 is 16.9 Å². The first-order valence-corrected chi connectivity index (χ1v) is 7.21. The molecule has 6 heteroatoms. The molecule has 1 heterocycles. The fraction of sp³-hybridized carbons (Fsp3) is 0.111. The van der Waals surface area contributed by atoms with Gasteiger partial charge in [0.2, 0.25) is 0 Å². The molecule has 0 saturated carbocycles. The highest BCUT2D eigenvalue weighted by atomic mass is 19.1. The minimum Gasteiger partial charge on any atom is -0.423 e. The molecule has 0 amide bonds. The Kier molecular flexibility index (Phi) is 4.12. The van der Waals surface area contributed by atoms with Gasteiger partial charge in [-0.3, -0.25) is 0 Å². The van der Waals surface area contributed by atoms with Crippen LogP contribution in [0.1, 0.15) is 22.8 Å². The van der Waals surface area contributed by atoms with E-state index in [1.54, 1.807) is 6.07 Å². The molecule has 3 rings (SSSR count). The lowest BCUT2D eigenvalue weighted by molar-refractivity contribution is 0.0734. The lowest BCUT2D eigenvalue weighted by Crippen LogP contribution is -2.09. The predicted molar refractivity (Wildman–Crippen MR) is 83.2 cm³/mol. The van der Waals surface area contributed by atoms with E-state index in [4.69, 9.17) is 9.15 Å². The van der Waals surface area contributed by atoms with Crippen molar-refractivity contribution in [1.82, 2.24) is 0 Å². The SMILES string of the molecule is CCc1cc(=O)oc2cc(OC(=O)c3cc(F)cc(F)c3)ccc12. The molecule has 0 atom stereocenters. The van der Waals surface area contributed by atoms with E-state index in [1.165, 1.54) is 18.2 Å². The van der Waals surface area contributed by atoms with Gasteiger partial charge in [0.05, 0.1) is 5.56 Å². The van der Waals surface area contributed by atoms with Crippen molar-refractivity contribution in [3.8, 4) is 5.75 Å². The second-order valence-electron chi connectivity index (χ2n) is 5.15. The number of halogens is 2. The average Bonchev–Trinajstić information content (AvgIpc) is 2.52. The molecule has 1 aromatic heterocycles. The van der Waals surface area contributed by atoms with Crippen molar-refractivity contribution in [2.24, 2.45) is 0 Å². The van der Waals surface area contributed by atoms with Crippen LogP contribution in [0.2, 0.25) is 0 Å². The van der Waals surface area contributed by atoms with Crippen LogP contribution in [0.25, 0.3) is 11.0 Å². The molecule has 0 saturated heterocycles. The fourth-order valence-corrected chi connectivity index (χ4v) is 2.40. The molecule has 0 unspecified atom stereocenters. The zero-order valence-corrected chi connectivity index (χ0v) is 12.6. The largest absolute Gasteiger partial charge is 0.423 e.